The molecule has 4 rings (SSSR count). The molecule has 5 N–H and O–H groups in total. The summed E-state index contributed by atoms with van der Waals surface area (Å²) in [6.45, 7) is 0.592. The van der Waals surface area contributed by atoms with E-state index in [1.165, 1.54) is 12.1 Å². The highest BCUT2D eigenvalue weighted by Gasteiger charge is 2.11. The minimum atomic E-state index is -3.74. The van der Waals surface area contributed by atoms with Crippen LogP contribution in [0.25, 0.3) is 11.2 Å². The van der Waals surface area contributed by atoms with Crippen LogP contribution in [-0.2, 0) is 16.6 Å². The number of benzene rings is 2. The second kappa shape index (κ2) is 7.25. The van der Waals surface area contributed by atoms with Gasteiger partial charge in [0.05, 0.1) is 11.2 Å². The summed E-state index contributed by atoms with van der Waals surface area (Å²) in [5, 5.41) is 11.5. The van der Waals surface area contributed by atoms with Crippen LogP contribution in [0.5, 0.6) is 0 Å². The molecule has 28 heavy (non-hydrogen) atoms. The lowest BCUT2D eigenvalue weighted by Crippen LogP contribution is -2.11. The first-order chi connectivity index (χ1) is 13.5. The van der Waals surface area contributed by atoms with E-state index in [9.17, 15) is 8.42 Å². The molecule has 0 unspecified atom stereocenters. The van der Waals surface area contributed by atoms with Crippen LogP contribution in [0.4, 0.5) is 17.5 Å². The van der Waals surface area contributed by atoms with Crippen molar-refractivity contribution in [2.45, 2.75) is 11.4 Å². The van der Waals surface area contributed by atoms with Crippen molar-refractivity contribution < 1.29 is 8.42 Å². The number of nitrogens with two attached hydrogens (primary N) is 1. The molecule has 2 aromatic carbocycles. The Labute approximate surface area is 161 Å². The van der Waals surface area contributed by atoms with E-state index < -0.39 is 10.0 Å². The van der Waals surface area contributed by atoms with Gasteiger partial charge in [0, 0.05) is 12.2 Å². The van der Waals surface area contributed by atoms with Crippen molar-refractivity contribution >= 4 is 38.6 Å². The Hall–Kier alpha value is -3.50. The van der Waals surface area contributed by atoms with E-state index >= 15 is 0 Å². The molecule has 0 aliphatic rings. The summed E-state index contributed by atoms with van der Waals surface area (Å²) in [5.74, 6) is 0.938. The van der Waals surface area contributed by atoms with E-state index in [-0.39, 0.29) is 4.90 Å². The summed E-state index contributed by atoms with van der Waals surface area (Å²) in [6, 6.07) is 16.0. The van der Waals surface area contributed by atoms with Crippen molar-refractivity contribution in [2.24, 2.45) is 5.14 Å². The molecule has 0 bridgehead atoms. The topological polar surface area (TPSA) is 139 Å². The maximum Gasteiger partial charge on any atom is 0.238 e. The highest BCUT2D eigenvalue weighted by Crippen LogP contribution is 2.22. The quantitative estimate of drug-likeness (QED) is 0.393. The van der Waals surface area contributed by atoms with Crippen molar-refractivity contribution in [1.82, 2.24) is 19.9 Å². The average Bonchev–Trinajstić information content (AvgIpc) is 3.15. The highest BCUT2D eigenvalue weighted by atomic mass is 32.2. The van der Waals surface area contributed by atoms with E-state index in [0.717, 1.165) is 5.56 Å². The van der Waals surface area contributed by atoms with Gasteiger partial charge < -0.3 is 15.6 Å². The third kappa shape index (κ3) is 3.92. The number of fused-ring (bicyclic) bond motifs is 1. The van der Waals surface area contributed by atoms with Gasteiger partial charge in [-0.05, 0) is 29.8 Å². The van der Waals surface area contributed by atoms with Crippen LogP contribution in [0.1, 0.15) is 5.56 Å². The van der Waals surface area contributed by atoms with Crippen LogP contribution >= 0.6 is 0 Å². The predicted molar refractivity (Wildman–Crippen MR) is 107 cm³/mol. The highest BCUT2D eigenvalue weighted by molar-refractivity contribution is 7.89. The first kappa shape index (κ1) is 17.9. The number of anilines is 3. The molecule has 10 heteroatoms. The number of nitrogens with zero attached hydrogens (tertiary/aromatic N) is 3. The van der Waals surface area contributed by atoms with Gasteiger partial charge >= 0.3 is 0 Å². The monoisotopic (exact) mass is 395 g/mol. The summed E-state index contributed by atoms with van der Waals surface area (Å²) in [4.78, 5) is 16.1. The van der Waals surface area contributed by atoms with Crippen molar-refractivity contribution in [3.63, 3.8) is 0 Å². The van der Waals surface area contributed by atoms with Crippen LogP contribution in [0.2, 0.25) is 0 Å². The molecule has 0 aliphatic heterocycles. The van der Waals surface area contributed by atoms with Crippen LogP contribution in [0.15, 0.2) is 65.8 Å². The van der Waals surface area contributed by atoms with E-state index in [1.54, 1.807) is 18.5 Å². The number of aromatic amines is 1. The normalized spacial score (nSPS) is 11.5. The molecular formula is C18H17N7O2S. The van der Waals surface area contributed by atoms with Gasteiger partial charge in [-0.1, -0.05) is 30.3 Å². The number of sulfonamides is 1. The first-order valence-corrected chi connectivity index (χ1v) is 9.92. The SMILES string of the molecule is NS(=O)(=O)c1ccc(Nc2nc(NCc3ccccc3)c3[nH]cnc3n2)cc1. The van der Waals surface area contributed by atoms with Gasteiger partial charge in [-0.25, -0.2) is 18.5 Å². The summed E-state index contributed by atoms with van der Waals surface area (Å²) in [6.07, 6.45) is 1.55. The summed E-state index contributed by atoms with van der Waals surface area (Å²) < 4.78 is 22.7. The Morgan fingerprint density at radius 1 is 1.00 bits per heavy atom. The fourth-order valence-corrected chi connectivity index (χ4v) is 3.17. The zero-order valence-electron chi connectivity index (χ0n) is 14.6. The standard InChI is InChI=1S/C18H17N7O2S/c19-28(26,27)14-8-6-13(7-9-14)23-18-24-16(15-17(25-18)22-11-21-15)20-10-12-4-2-1-3-5-12/h1-9,11H,10H2,(H2,19,26,27)(H3,20,21,22,23,24,25). The van der Waals surface area contributed by atoms with Crippen molar-refractivity contribution in [2.75, 3.05) is 10.6 Å². The van der Waals surface area contributed by atoms with Crippen molar-refractivity contribution in [1.29, 1.82) is 0 Å². The molecular weight excluding hydrogens is 378 g/mol. The third-order valence-corrected chi connectivity index (χ3v) is 4.96. The average molecular weight is 395 g/mol. The number of hydrogen-bond acceptors (Lipinski definition) is 7. The Balaban J connectivity index is 1.59. The third-order valence-electron chi connectivity index (χ3n) is 4.03. The Kier molecular flexibility index (Phi) is 4.63. The van der Waals surface area contributed by atoms with Crippen molar-refractivity contribution in [3.05, 3.63) is 66.5 Å². The van der Waals surface area contributed by atoms with Crippen molar-refractivity contribution in [3.8, 4) is 0 Å². The minimum Gasteiger partial charge on any atom is -0.364 e. The minimum absolute atomic E-state index is 0.0342. The fourth-order valence-electron chi connectivity index (χ4n) is 2.66. The Bertz CT molecular complexity index is 1210. The lowest BCUT2D eigenvalue weighted by atomic mass is 10.2. The first-order valence-electron chi connectivity index (χ1n) is 8.38. The maximum absolute atomic E-state index is 11.4. The van der Waals surface area contributed by atoms with E-state index in [2.05, 4.69) is 30.6 Å². The molecule has 0 fully saturated rings. The van der Waals surface area contributed by atoms with Gasteiger partial charge in [0.25, 0.3) is 0 Å². The summed E-state index contributed by atoms with van der Waals surface area (Å²) >= 11 is 0. The van der Waals surface area contributed by atoms with E-state index in [4.69, 9.17) is 5.14 Å². The predicted octanol–water partition coefficient (Wildman–Crippen LogP) is 2.36. The van der Waals surface area contributed by atoms with Gasteiger partial charge in [0.15, 0.2) is 11.5 Å². The molecule has 0 saturated heterocycles. The zero-order valence-corrected chi connectivity index (χ0v) is 15.4. The molecule has 9 nitrogen and oxygen atoms in total. The second-order valence-corrected chi connectivity index (χ2v) is 7.59. The largest absolute Gasteiger partial charge is 0.364 e. The van der Waals surface area contributed by atoms with Gasteiger partial charge in [-0.2, -0.15) is 9.97 Å². The smallest absolute Gasteiger partial charge is 0.238 e. The molecule has 0 saturated carbocycles. The van der Waals surface area contributed by atoms with Gasteiger partial charge in [-0.3, -0.25) is 0 Å². The molecule has 0 radical (unpaired) electrons. The molecule has 0 amide bonds. The number of imidazole rings is 1. The molecule has 0 aliphatic carbocycles. The molecule has 2 aromatic heterocycles. The second-order valence-electron chi connectivity index (χ2n) is 6.03. The number of primary sulfonamides is 1. The van der Waals surface area contributed by atoms with Gasteiger partial charge in [0.2, 0.25) is 16.0 Å². The molecule has 142 valence electrons. The Morgan fingerprint density at radius 2 is 1.75 bits per heavy atom. The Morgan fingerprint density at radius 3 is 2.46 bits per heavy atom. The van der Waals surface area contributed by atoms with E-state index in [1.807, 2.05) is 30.3 Å². The lowest BCUT2D eigenvalue weighted by molar-refractivity contribution is 0.598. The molecule has 2 heterocycles. The van der Waals surface area contributed by atoms with Gasteiger partial charge in [0.1, 0.15) is 5.52 Å². The number of aromatic nitrogens is 4. The lowest BCUT2D eigenvalue weighted by Gasteiger charge is -2.10. The molecule has 0 spiro atoms. The number of hydrogen-bond donors (Lipinski definition) is 4. The number of H-pyrrole nitrogens is 1. The van der Waals surface area contributed by atoms with E-state index in [0.29, 0.717) is 35.2 Å². The molecule has 0 atom stereocenters. The van der Waals surface area contributed by atoms with Gasteiger partial charge in [-0.15, -0.1) is 0 Å². The fraction of sp³-hybridized carbons (Fsp3) is 0.0556. The van der Waals surface area contributed by atoms with Crippen LogP contribution in [-0.4, -0.2) is 28.4 Å². The van der Waals surface area contributed by atoms with Crippen LogP contribution < -0.4 is 15.8 Å². The van der Waals surface area contributed by atoms with Crippen LogP contribution in [0, 0.1) is 0 Å². The maximum atomic E-state index is 11.4. The summed E-state index contributed by atoms with van der Waals surface area (Å²) in [7, 11) is -3.74. The molecule has 4 aromatic rings. The zero-order chi connectivity index (χ0) is 19.6. The number of nitrogens with one attached hydrogen (secondary N) is 3. The summed E-state index contributed by atoms with van der Waals surface area (Å²) in [5.41, 5.74) is 2.94. The van der Waals surface area contributed by atoms with Crippen LogP contribution in [0.3, 0.4) is 0 Å². The number of rotatable bonds is 6.